The molecule has 92 valence electrons. The van der Waals surface area contributed by atoms with E-state index >= 15 is 0 Å². The highest BCUT2D eigenvalue weighted by molar-refractivity contribution is 8.14. The molecule has 1 aromatic rings. The lowest BCUT2D eigenvalue weighted by Gasteiger charge is -2.12. The Morgan fingerprint density at radius 1 is 1.41 bits per heavy atom. The fourth-order valence-corrected chi connectivity index (χ4v) is 2.63. The Labute approximate surface area is 106 Å². The number of rotatable bonds is 3. The van der Waals surface area contributed by atoms with Crippen molar-refractivity contribution in [1.82, 2.24) is 5.32 Å². The van der Waals surface area contributed by atoms with Gasteiger partial charge in [0.05, 0.1) is 6.54 Å². The summed E-state index contributed by atoms with van der Waals surface area (Å²) < 4.78 is 12.7. The SMILES string of the molecule is CC(C)C1CN=C(NCc2ccc(F)cc2)S1. The van der Waals surface area contributed by atoms with Crippen LogP contribution in [-0.4, -0.2) is 17.0 Å². The molecule has 0 spiro atoms. The standard InChI is InChI=1S/C13H17FN2S/c1-9(2)12-8-16-13(17-12)15-7-10-3-5-11(14)6-4-10/h3-6,9,12H,7-8H2,1-2H3,(H,15,16). The maximum atomic E-state index is 12.7. The molecular weight excluding hydrogens is 235 g/mol. The lowest BCUT2D eigenvalue weighted by molar-refractivity contribution is 0.621. The van der Waals surface area contributed by atoms with E-state index in [-0.39, 0.29) is 5.82 Å². The van der Waals surface area contributed by atoms with Gasteiger partial charge in [-0.05, 0) is 23.6 Å². The van der Waals surface area contributed by atoms with Crippen molar-refractivity contribution in [3.63, 3.8) is 0 Å². The first-order valence-corrected chi connectivity index (χ1v) is 6.72. The van der Waals surface area contributed by atoms with E-state index in [9.17, 15) is 4.39 Å². The summed E-state index contributed by atoms with van der Waals surface area (Å²) in [5, 5.41) is 4.89. The number of hydrogen-bond acceptors (Lipinski definition) is 3. The molecule has 0 saturated carbocycles. The third-order valence-electron chi connectivity index (χ3n) is 2.78. The molecule has 0 aromatic heterocycles. The average Bonchev–Trinajstić information content (AvgIpc) is 2.77. The van der Waals surface area contributed by atoms with Crippen molar-refractivity contribution in [2.45, 2.75) is 25.6 Å². The molecular formula is C13H17FN2S. The molecule has 2 rings (SSSR count). The van der Waals surface area contributed by atoms with Crippen LogP contribution in [0.3, 0.4) is 0 Å². The van der Waals surface area contributed by atoms with Crippen molar-refractivity contribution in [1.29, 1.82) is 0 Å². The molecule has 1 atom stereocenters. The fraction of sp³-hybridized carbons (Fsp3) is 0.462. The second kappa shape index (κ2) is 5.54. The number of nitrogens with one attached hydrogen (secondary N) is 1. The number of amidine groups is 1. The van der Waals surface area contributed by atoms with Crippen LogP contribution in [0.1, 0.15) is 19.4 Å². The first-order valence-electron chi connectivity index (χ1n) is 5.84. The van der Waals surface area contributed by atoms with Crippen molar-refractivity contribution < 1.29 is 4.39 Å². The molecule has 0 fully saturated rings. The summed E-state index contributed by atoms with van der Waals surface area (Å²) in [6.45, 7) is 6.04. The van der Waals surface area contributed by atoms with E-state index < -0.39 is 0 Å². The highest BCUT2D eigenvalue weighted by Gasteiger charge is 2.21. The smallest absolute Gasteiger partial charge is 0.157 e. The molecule has 2 nitrogen and oxygen atoms in total. The molecule has 1 aliphatic rings. The van der Waals surface area contributed by atoms with Crippen molar-refractivity contribution in [2.75, 3.05) is 6.54 Å². The predicted octanol–water partition coefficient (Wildman–Crippen LogP) is 3.04. The first kappa shape index (κ1) is 12.4. The van der Waals surface area contributed by atoms with E-state index in [1.807, 2.05) is 0 Å². The minimum Gasteiger partial charge on any atom is -0.361 e. The molecule has 0 saturated heterocycles. The van der Waals surface area contributed by atoms with Gasteiger partial charge in [-0.3, -0.25) is 4.99 Å². The van der Waals surface area contributed by atoms with Crippen LogP contribution in [0.5, 0.6) is 0 Å². The Kier molecular flexibility index (Phi) is 4.05. The summed E-state index contributed by atoms with van der Waals surface area (Å²) in [7, 11) is 0. The average molecular weight is 252 g/mol. The lowest BCUT2D eigenvalue weighted by Crippen LogP contribution is -2.19. The number of halogens is 1. The van der Waals surface area contributed by atoms with Crippen LogP contribution < -0.4 is 5.32 Å². The summed E-state index contributed by atoms with van der Waals surface area (Å²) in [5.41, 5.74) is 1.07. The Morgan fingerprint density at radius 2 is 2.12 bits per heavy atom. The molecule has 0 radical (unpaired) electrons. The minimum absolute atomic E-state index is 0.193. The topological polar surface area (TPSA) is 24.4 Å². The van der Waals surface area contributed by atoms with Crippen LogP contribution in [0.15, 0.2) is 29.3 Å². The second-order valence-corrected chi connectivity index (χ2v) is 5.75. The van der Waals surface area contributed by atoms with Gasteiger partial charge in [0.25, 0.3) is 0 Å². The Morgan fingerprint density at radius 3 is 2.71 bits per heavy atom. The summed E-state index contributed by atoms with van der Waals surface area (Å²) in [6, 6.07) is 6.56. The molecule has 1 aromatic carbocycles. The maximum absolute atomic E-state index is 12.7. The Bertz CT molecular complexity index is 400. The third kappa shape index (κ3) is 3.46. The van der Waals surface area contributed by atoms with Gasteiger partial charge < -0.3 is 5.32 Å². The number of thioether (sulfide) groups is 1. The van der Waals surface area contributed by atoms with Crippen LogP contribution in [-0.2, 0) is 6.54 Å². The Balaban J connectivity index is 1.82. The van der Waals surface area contributed by atoms with E-state index in [0.717, 1.165) is 17.3 Å². The highest BCUT2D eigenvalue weighted by atomic mass is 32.2. The maximum Gasteiger partial charge on any atom is 0.157 e. The van der Waals surface area contributed by atoms with Gasteiger partial charge in [-0.25, -0.2) is 4.39 Å². The van der Waals surface area contributed by atoms with Crippen molar-refractivity contribution >= 4 is 16.9 Å². The van der Waals surface area contributed by atoms with Crippen LogP contribution >= 0.6 is 11.8 Å². The summed E-state index contributed by atoms with van der Waals surface area (Å²) in [5.74, 6) is 0.454. The highest BCUT2D eigenvalue weighted by Crippen LogP contribution is 2.25. The quantitative estimate of drug-likeness (QED) is 0.894. The molecule has 0 bridgehead atoms. The van der Waals surface area contributed by atoms with E-state index in [2.05, 4.69) is 24.2 Å². The molecule has 1 aliphatic heterocycles. The van der Waals surface area contributed by atoms with Gasteiger partial charge in [-0.1, -0.05) is 37.7 Å². The van der Waals surface area contributed by atoms with E-state index in [1.165, 1.54) is 12.1 Å². The summed E-state index contributed by atoms with van der Waals surface area (Å²) in [4.78, 5) is 4.47. The van der Waals surface area contributed by atoms with Gasteiger partial charge in [0.1, 0.15) is 5.82 Å². The van der Waals surface area contributed by atoms with Crippen LogP contribution in [0, 0.1) is 11.7 Å². The molecule has 0 aliphatic carbocycles. The zero-order chi connectivity index (χ0) is 12.3. The number of nitrogens with zero attached hydrogens (tertiary/aromatic N) is 1. The van der Waals surface area contributed by atoms with E-state index in [4.69, 9.17) is 0 Å². The molecule has 0 amide bonds. The predicted molar refractivity (Wildman–Crippen MR) is 71.8 cm³/mol. The number of hydrogen-bond donors (Lipinski definition) is 1. The second-order valence-electron chi connectivity index (χ2n) is 4.53. The molecule has 4 heteroatoms. The van der Waals surface area contributed by atoms with Crippen LogP contribution in [0.4, 0.5) is 4.39 Å². The Hall–Kier alpha value is -1.03. The zero-order valence-corrected chi connectivity index (χ0v) is 10.9. The number of aliphatic imine (C=N–C) groups is 1. The van der Waals surface area contributed by atoms with Crippen LogP contribution in [0.2, 0.25) is 0 Å². The molecule has 1 heterocycles. The minimum atomic E-state index is -0.193. The van der Waals surface area contributed by atoms with E-state index in [0.29, 0.717) is 17.7 Å². The van der Waals surface area contributed by atoms with Gasteiger partial charge in [-0.15, -0.1) is 0 Å². The van der Waals surface area contributed by atoms with E-state index in [1.54, 1.807) is 23.9 Å². The largest absolute Gasteiger partial charge is 0.361 e. The van der Waals surface area contributed by atoms with Crippen molar-refractivity contribution in [3.8, 4) is 0 Å². The van der Waals surface area contributed by atoms with Crippen molar-refractivity contribution in [2.24, 2.45) is 10.9 Å². The summed E-state index contributed by atoms with van der Waals surface area (Å²) >= 11 is 1.81. The van der Waals surface area contributed by atoms with Gasteiger partial charge in [0, 0.05) is 11.8 Å². The molecule has 1 N–H and O–H groups in total. The third-order valence-corrected chi connectivity index (χ3v) is 4.27. The monoisotopic (exact) mass is 252 g/mol. The van der Waals surface area contributed by atoms with Gasteiger partial charge in [-0.2, -0.15) is 0 Å². The van der Waals surface area contributed by atoms with Gasteiger partial charge in [0.15, 0.2) is 5.17 Å². The number of benzene rings is 1. The molecule has 17 heavy (non-hydrogen) atoms. The van der Waals surface area contributed by atoms with Crippen molar-refractivity contribution in [3.05, 3.63) is 35.6 Å². The lowest BCUT2D eigenvalue weighted by atomic mass is 10.1. The normalized spacial score (nSPS) is 19.5. The first-order chi connectivity index (χ1) is 8.15. The molecule has 1 unspecified atom stereocenters. The fourth-order valence-electron chi connectivity index (χ4n) is 1.62. The van der Waals surface area contributed by atoms with Gasteiger partial charge in [0.2, 0.25) is 0 Å². The summed E-state index contributed by atoms with van der Waals surface area (Å²) in [6.07, 6.45) is 0. The van der Waals surface area contributed by atoms with Gasteiger partial charge >= 0.3 is 0 Å². The van der Waals surface area contributed by atoms with Crippen LogP contribution in [0.25, 0.3) is 0 Å². The zero-order valence-electron chi connectivity index (χ0n) is 10.1.